The van der Waals surface area contributed by atoms with Crippen LogP contribution in [0, 0.1) is 5.82 Å². The second-order valence-corrected chi connectivity index (χ2v) is 5.67. The molecule has 1 aliphatic rings. The van der Waals surface area contributed by atoms with Crippen LogP contribution in [0.25, 0.3) is 0 Å². The van der Waals surface area contributed by atoms with Crippen LogP contribution in [-0.4, -0.2) is 16.8 Å². The van der Waals surface area contributed by atoms with Crippen LogP contribution in [0.1, 0.15) is 25.8 Å². The lowest BCUT2D eigenvalue weighted by Crippen LogP contribution is -2.61. The summed E-state index contributed by atoms with van der Waals surface area (Å²) in [5.41, 5.74) is 2.63. The zero-order valence-electron chi connectivity index (χ0n) is 10.6. The quantitative estimate of drug-likeness (QED) is 0.616. The molecule has 1 heterocycles. The molecule has 0 saturated carbocycles. The van der Waals surface area contributed by atoms with Crippen LogP contribution >= 0.6 is 12.2 Å². The molecular formula is C13H15F3N2S. The molecule has 2 nitrogen and oxygen atoms in total. The van der Waals surface area contributed by atoms with Crippen LogP contribution in [-0.2, 0) is 5.54 Å². The number of hydrogen-bond acceptors (Lipinski definition) is 2. The predicted octanol–water partition coefficient (Wildman–Crippen LogP) is 3.01. The van der Waals surface area contributed by atoms with Gasteiger partial charge in [-0.2, -0.15) is 0 Å². The maximum absolute atomic E-state index is 14.3. The minimum atomic E-state index is -1.93. The van der Waals surface area contributed by atoms with Crippen LogP contribution in [0.2, 0.25) is 0 Å². The Balaban J connectivity index is 2.48. The number of benzene rings is 1. The average Bonchev–Trinajstić information content (AvgIpc) is 2.29. The lowest BCUT2D eigenvalue weighted by molar-refractivity contribution is 0.0857. The molecule has 19 heavy (non-hydrogen) atoms. The van der Waals surface area contributed by atoms with Crippen molar-refractivity contribution in [2.24, 2.45) is 0 Å². The van der Waals surface area contributed by atoms with Gasteiger partial charge >= 0.3 is 0 Å². The van der Waals surface area contributed by atoms with Crippen LogP contribution in [0.3, 0.4) is 0 Å². The van der Waals surface area contributed by atoms with Crippen molar-refractivity contribution in [2.75, 3.05) is 5.73 Å². The Morgan fingerprint density at radius 1 is 1.42 bits per heavy atom. The van der Waals surface area contributed by atoms with E-state index in [1.807, 2.05) is 0 Å². The van der Waals surface area contributed by atoms with Crippen molar-refractivity contribution in [1.82, 2.24) is 5.32 Å². The van der Waals surface area contributed by atoms with Gasteiger partial charge in [0, 0.05) is 17.7 Å². The highest BCUT2D eigenvalue weighted by atomic mass is 32.1. The summed E-state index contributed by atoms with van der Waals surface area (Å²) in [5, 5.41) is 2.60. The first-order chi connectivity index (χ1) is 8.67. The largest absolute Gasteiger partial charge is 0.399 e. The Kier molecular flexibility index (Phi) is 3.24. The maximum atomic E-state index is 14.3. The van der Waals surface area contributed by atoms with Gasteiger partial charge < -0.3 is 11.1 Å². The Morgan fingerprint density at radius 3 is 2.68 bits per heavy atom. The van der Waals surface area contributed by atoms with Gasteiger partial charge in [0.2, 0.25) is 0 Å². The van der Waals surface area contributed by atoms with Gasteiger partial charge in [0.25, 0.3) is 0 Å². The predicted molar refractivity (Wildman–Crippen MR) is 72.9 cm³/mol. The van der Waals surface area contributed by atoms with E-state index in [-0.39, 0.29) is 10.6 Å². The minimum absolute atomic E-state index is 0.0536. The van der Waals surface area contributed by atoms with Gasteiger partial charge in [0.15, 0.2) is 5.67 Å². The maximum Gasteiger partial charge on any atom is 0.160 e. The number of nitrogens with two attached hydrogens (primary N) is 1. The van der Waals surface area contributed by atoms with Crippen molar-refractivity contribution >= 4 is 22.9 Å². The average molecular weight is 288 g/mol. The van der Waals surface area contributed by atoms with E-state index in [0.29, 0.717) is 5.69 Å². The molecule has 6 heteroatoms. The fraction of sp³-hybridized carbons (Fsp3) is 0.462. The van der Waals surface area contributed by atoms with E-state index in [9.17, 15) is 13.2 Å². The number of nitrogens with one attached hydrogen (secondary N) is 1. The van der Waals surface area contributed by atoms with Crippen molar-refractivity contribution in [2.45, 2.75) is 37.6 Å². The highest BCUT2D eigenvalue weighted by molar-refractivity contribution is 7.80. The zero-order chi connectivity index (χ0) is 14.4. The molecule has 1 fully saturated rings. The molecule has 3 atom stereocenters. The number of rotatable bonds is 1. The third-order valence-electron chi connectivity index (χ3n) is 3.59. The molecule has 0 unspecified atom stereocenters. The number of halogens is 3. The molecule has 0 aliphatic carbocycles. The summed E-state index contributed by atoms with van der Waals surface area (Å²) in [6.07, 6.45) is -2.03. The van der Waals surface area contributed by atoms with Crippen molar-refractivity contribution in [1.29, 1.82) is 0 Å². The van der Waals surface area contributed by atoms with Crippen LogP contribution in [0.15, 0.2) is 18.2 Å². The summed E-state index contributed by atoms with van der Waals surface area (Å²) < 4.78 is 42.2. The monoisotopic (exact) mass is 288 g/mol. The van der Waals surface area contributed by atoms with Crippen LogP contribution in [0.5, 0.6) is 0 Å². The SMILES string of the molecule is C[C@]1(F)C[C@@H](F)[C@@](C)(c2cc(N)ccc2F)NC1=S. The summed E-state index contributed by atoms with van der Waals surface area (Å²) in [6, 6.07) is 3.89. The fourth-order valence-corrected chi connectivity index (χ4v) is 2.55. The summed E-state index contributed by atoms with van der Waals surface area (Å²) in [5.74, 6) is -0.600. The Morgan fingerprint density at radius 2 is 2.05 bits per heavy atom. The molecule has 2 rings (SSSR count). The summed E-state index contributed by atoms with van der Waals surface area (Å²) in [7, 11) is 0. The molecule has 0 radical (unpaired) electrons. The van der Waals surface area contributed by atoms with Crippen LogP contribution in [0.4, 0.5) is 18.9 Å². The minimum Gasteiger partial charge on any atom is -0.399 e. The molecule has 0 spiro atoms. The molecule has 1 aromatic carbocycles. The van der Waals surface area contributed by atoms with E-state index < -0.39 is 29.6 Å². The summed E-state index contributed by atoms with van der Waals surface area (Å²) in [6.45, 7) is 2.67. The number of anilines is 1. The van der Waals surface area contributed by atoms with Gasteiger partial charge in [-0.05, 0) is 32.0 Å². The zero-order valence-corrected chi connectivity index (χ0v) is 11.5. The van der Waals surface area contributed by atoms with Crippen molar-refractivity contribution in [3.05, 3.63) is 29.6 Å². The molecule has 3 N–H and O–H groups in total. The van der Waals surface area contributed by atoms with Gasteiger partial charge in [0.05, 0.1) is 5.54 Å². The Hall–Kier alpha value is -1.30. The summed E-state index contributed by atoms with van der Waals surface area (Å²) >= 11 is 4.91. The van der Waals surface area contributed by atoms with Gasteiger partial charge in [-0.25, -0.2) is 13.2 Å². The molecule has 0 aromatic heterocycles. The van der Waals surface area contributed by atoms with Gasteiger partial charge in [-0.15, -0.1) is 0 Å². The number of piperidine rings is 1. The van der Waals surface area contributed by atoms with Gasteiger partial charge in [-0.1, -0.05) is 12.2 Å². The van der Waals surface area contributed by atoms with Gasteiger partial charge in [-0.3, -0.25) is 0 Å². The normalized spacial score (nSPS) is 35.0. The topological polar surface area (TPSA) is 38.0 Å². The summed E-state index contributed by atoms with van der Waals surface area (Å²) in [4.78, 5) is -0.120. The second kappa shape index (κ2) is 4.37. The van der Waals surface area contributed by atoms with E-state index >= 15 is 0 Å². The first kappa shape index (κ1) is 14.1. The molecule has 104 valence electrons. The molecule has 0 bridgehead atoms. The van der Waals surface area contributed by atoms with E-state index in [0.717, 1.165) is 6.07 Å². The lowest BCUT2D eigenvalue weighted by Gasteiger charge is -2.44. The number of hydrogen-bond donors (Lipinski definition) is 2. The Bertz CT molecular complexity index is 533. The third-order valence-corrected chi connectivity index (χ3v) is 4.11. The highest BCUT2D eigenvalue weighted by Gasteiger charge is 2.50. The van der Waals surface area contributed by atoms with E-state index in [4.69, 9.17) is 18.0 Å². The number of thiocarbonyl (C=S) groups is 1. The first-order valence-electron chi connectivity index (χ1n) is 5.88. The fourth-order valence-electron chi connectivity index (χ4n) is 2.25. The third kappa shape index (κ3) is 2.29. The Labute approximate surface area is 115 Å². The van der Waals surface area contributed by atoms with E-state index in [1.165, 1.54) is 26.0 Å². The molecule has 1 aromatic rings. The van der Waals surface area contributed by atoms with E-state index in [1.54, 1.807) is 0 Å². The second-order valence-electron chi connectivity index (χ2n) is 5.26. The molecular weight excluding hydrogens is 273 g/mol. The smallest absolute Gasteiger partial charge is 0.160 e. The highest BCUT2D eigenvalue weighted by Crippen LogP contribution is 2.40. The van der Waals surface area contributed by atoms with Crippen LogP contribution < -0.4 is 11.1 Å². The van der Waals surface area contributed by atoms with Gasteiger partial charge in [0.1, 0.15) is 17.0 Å². The first-order valence-corrected chi connectivity index (χ1v) is 6.29. The molecule has 0 amide bonds. The van der Waals surface area contributed by atoms with Crippen molar-refractivity contribution in [3.63, 3.8) is 0 Å². The molecule has 1 saturated heterocycles. The van der Waals surface area contributed by atoms with E-state index in [2.05, 4.69) is 5.32 Å². The van der Waals surface area contributed by atoms with Crippen molar-refractivity contribution < 1.29 is 13.2 Å². The number of nitrogen functional groups attached to an aromatic ring is 1. The van der Waals surface area contributed by atoms with Crippen molar-refractivity contribution in [3.8, 4) is 0 Å². The molecule has 1 aliphatic heterocycles. The standard InChI is InChI=1S/C13H15F3N2S/c1-12(16)6-10(15)13(2,18-11(12)19)8-5-7(17)3-4-9(8)14/h3-5,10H,6,17H2,1-2H3,(H,18,19)/t10-,12+,13-/m1/s1. The number of alkyl halides is 2. The lowest BCUT2D eigenvalue weighted by atomic mass is 9.78.